The highest BCUT2D eigenvalue weighted by atomic mass is 35.5. The summed E-state index contributed by atoms with van der Waals surface area (Å²) < 4.78 is 2.05. The lowest BCUT2D eigenvalue weighted by Gasteiger charge is -2.10. The Morgan fingerprint density at radius 3 is 2.42 bits per heavy atom. The number of nitrogens with one attached hydrogen (secondary N) is 1. The standard InChI is InChI=1S/C18H21Cl2N3O/c1-11(2)5-18(24)22-21-10-14-6-12(3)23(13(14)4)17-8-15(19)7-16(20)9-17/h6-11H,5H2,1-4H3,(H,22,24). The minimum Gasteiger partial charge on any atom is -0.318 e. The molecule has 0 bridgehead atoms. The third-order valence-electron chi connectivity index (χ3n) is 3.56. The van der Waals surface area contributed by atoms with Crippen molar-refractivity contribution in [3.05, 3.63) is 51.3 Å². The van der Waals surface area contributed by atoms with Gasteiger partial charge in [-0.3, -0.25) is 4.79 Å². The van der Waals surface area contributed by atoms with Gasteiger partial charge in [-0.15, -0.1) is 0 Å². The van der Waals surface area contributed by atoms with Crippen molar-refractivity contribution in [1.29, 1.82) is 0 Å². The minimum absolute atomic E-state index is 0.0864. The fourth-order valence-electron chi connectivity index (χ4n) is 2.57. The molecular weight excluding hydrogens is 345 g/mol. The second-order valence-corrected chi connectivity index (χ2v) is 7.05. The monoisotopic (exact) mass is 365 g/mol. The number of halogens is 2. The van der Waals surface area contributed by atoms with Crippen LogP contribution >= 0.6 is 23.2 Å². The first-order valence-corrected chi connectivity index (χ1v) is 8.51. The van der Waals surface area contributed by atoms with Gasteiger partial charge in [-0.2, -0.15) is 5.10 Å². The quantitative estimate of drug-likeness (QED) is 0.594. The van der Waals surface area contributed by atoms with E-state index in [2.05, 4.69) is 15.1 Å². The number of aromatic nitrogens is 1. The van der Waals surface area contributed by atoms with Gasteiger partial charge in [-0.1, -0.05) is 37.0 Å². The van der Waals surface area contributed by atoms with Crippen molar-refractivity contribution in [1.82, 2.24) is 9.99 Å². The number of carbonyl (C=O) groups is 1. The number of rotatable bonds is 5. The van der Waals surface area contributed by atoms with Crippen LogP contribution in [0.4, 0.5) is 0 Å². The Balaban J connectivity index is 2.24. The molecule has 0 spiro atoms. The molecule has 0 saturated heterocycles. The highest BCUT2D eigenvalue weighted by Crippen LogP contribution is 2.25. The summed E-state index contributed by atoms with van der Waals surface area (Å²) >= 11 is 12.2. The van der Waals surface area contributed by atoms with E-state index < -0.39 is 0 Å². The van der Waals surface area contributed by atoms with Gasteiger partial charge in [0.25, 0.3) is 0 Å². The molecule has 0 aliphatic carbocycles. The van der Waals surface area contributed by atoms with Crippen LogP contribution < -0.4 is 5.43 Å². The number of amides is 1. The number of hydrazone groups is 1. The Morgan fingerprint density at radius 1 is 1.21 bits per heavy atom. The zero-order valence-electron chi connectivity index (χ0n) is 14.2. The van der Waals surface area contributed by atoms with Crippen LogP contribution in [0.15, 0.2) is 29.4 Å². The summed E-state index contributed by atoms with van der Waals surface area (Å²) in [6.07, 6.45) is 2.11. The number of aryl methyl sites for hydroxylation is 1. The third kappa shape index (κ3) is 4.62. The Labute approximate surface area is 152 Å². The van der Waals surface area contributed by atoms with Crippen molar-refractivity contribution in [2.45, 2.75) is 34.1 Å². The highest BCUT2D eigenvalue weighted by Gasteiger charge is 2.11. The lowest BCUT2D eigenvalue weighted by molar-refractivity contribution is -0.121. The Hall–Kier alpha value is -1.78. The van der Waals surface area contributed by atoms with Gasteiger partial charge < -0.3 is 4.57 Å². The van der Waals surface area contributed by atoms with E-state index in [-0.39, 0.29) is 5.91 Å². The molecule has 1 aromatic carbocycles. The van der Waals surface area contributed by atoms with Gasteiger partial charge in [0, 0.05) is 39.1 Å². The van der Waals surface area contributed by atoms with Gasteiger partial charge in [0.05, 0.1) is 6.21 Å². The smallest absolute Gasteiger partial charge is 0.240 e. The number of hydrogen-bond acceptors (Lipinski definition) is 2. The summed E-state index contributed by atoms with van der Waals surface area (Å²) in [6, 6.07) is 7.42. The lowest BCUT2D eigenvalue weighted by atomic mass is 10.1. The molecule has 2 aromatic rings. The van der Waals surface area contributed by atoms with E-state index >= 15 is 0 Å². The van der Waals surface area contributed by atoms with E-state index in [0.29, 0.717) is 22.4 Å². The fraction of sp³-hybridized carbons (Fsp3) is 0.333. The predicted molar refractivity (Wildman–Crippen MR) is 100 cm³/mol. The first-order valence-electron chi connectivity index (χ1n) is 7.75. The number of nitrogens with zero attached hydrogens (tertiary/aromatic N) is 2. The summed E-state index contributed by atoms with van der Waals surface area (Å²) in [7, 11) is 0. The van der Waals surface area contributed by atoms with E-state index in [1.807, 2.05) is 45.9 Å². The van der Waals surface area contributed by atoms with Crippen LogP contribution in [0.25, 0.3) is 5.69 Å². The maximum Gasteiger partial charge on any atom is 0.240 e. The van der Waals surface area contributed by atoms with Gasteiger partial charge in [-0.05, 0) is 44.0 Å². The van der Waals surface area contributed by atoms with Crippen LogP contribution in [0.1, 0.15) is 37.2 Å². The zero-order valence-corrected chi connectivity index (χ0v) is 15.7. The molecule has 128 valence electrons. The summed E-state index contributed by atoms with van der Waals surface area (Å²) in [5, 5.41) is 5.22. The molecule has 1 heterocycles. The molecule has 0 aliphatic rings. The molecule has 0 saturated carbocycles. The minimum atomic E-state index is -0.0864. The van der Waals surface area contributed by atoms with Gasteiger partial charge in [0.15, 0.2) is 0 Å². The van der Waals surface area contributed by atoms with Gasteiger partial charge in [-0.25, -0.2) is 5.43 Å². The highest BCUT2D eigenvalue weighted by molar-refractivity contribution is 6.34. The van der Waals surface area contributed by atoms with Crippen molar-refractivity contribution in [3.63, 3.8) is 0 Å². The van der Waals surface area contributed by atoms with Crippen molar-refractivity contribution in [2.75, 3.05) is 0 Å². The molecule has 0 unspecified atom stereocenters. The topological polar surface area (TPSA) is 46.4 Å². The van der Waals surface area contributed by atoms with Gasteiger partial charge in [0.1, 0.15) is 0 Å². The number of benzene rings is 1. The SMILES string of the molecule is Cc1cc(C=NNC(=O)CC(C)C)c(C)n1-c1cc(Cl)cc(Cl)c1. The van der Waals surface area contributed by atoms with Crippen LogP contribution in [0.2, 0.25) is 10.0 Å². The Morgan fingerprint density at radius 2 is 1.83 bits per heavy atom. The Bertz CT molecular complexity index is 759. The molecule has 4 nitrogen and oxygen atoms in total. The summed E-state index contributed by atoms with van der Waals surface area (Å²) in [6.45, 7) is 7.97. The van der Waals surface area contributed by atoms with Gasteiger partial charge >= 0.3 is 0 Å². The maximum absolute atomic E-state index is 11.6. The molecular formula is C18H21Cl2N3O. The van der Waals surface area contributed by atoms with Crippen LogP contribution in [0.3, 0.4) is 0 Å². The van der Waals surface area contributed by atoms with Crippen molar-refractivity contribution in [3.8, 4) is 5.69 Å². The van der Waals surface area contributed by atoms with E-state index in [0.717, 1.165) is 22.6 Å². The van der Waals surface area contributed by atoms with Crippen LogP contribution in [-0.2, 0) is 4.79 Å². The molecule has 24 heavy (non-hydrogen) atoms. The summed E-state index contributed by atoms with van der Waals surface area (Å²) in [4.78, 5) is 11.6. The van der Waals surface area contributed by atoms with Crippen LogP contribution in [0, 0.1) is 19.8 Å². The molecule has 1 amide bonds. The van der Waals surface area contributed by atoms with Crippen LogP contribution in [-0.4, -0.2) is 16.7 Å². The molecule has 1 aromatic heterocycles. The fourth-order valence-corrected chi connectivity index (χ4v) is 3.09. The molecule has 0 fully saturated rings. The van der Waals surface area contributed by atoms with E-state index in [1.165, 1.54) is 0 Å². The largest absolute Gasteiger partial charge is 0.318 e. The van der Waals surface area contributed by atoms with E-state index in [1.54, 1.807) is 12.3 Å². The molecule has 0 atom stereocenters. The first kappa shape index (κ1) is 18.6. The van der Waals surface area contributed by atoms with Gasteiger partial charge in [0.2, 0.25) is 5.91 Å². The van der Waals surface area contributed by atoms with Crippen molar-refractivity contribution in [2.24, 2.45) is 11.0 Å². The molecule has 0 radical (unpaired) electrons. The van der Waals surface area contributed by atoms with Crippen molar-refractivity contribution < 1.29 is 4.79 Å². The van der Waals surface area contributed by atoms with E-state index in [4.69, 9.17) is 23.2 Å². The number of hydrogen-bond donors (Lipinski definition) is 1. The molecule has 0 aliphatic heterocycles. The predicted octanol–water partition coefficient (Wildman–Crippen LogP) is 4.90. The maximum atomic E-state index is 11.6. The van der Waals surface area contributed by atoms with Crippen molar-refractivity contribution >= 4 is 35.3 Å². The van der Waals surface area contributed by atoms with E-state index in [9.17, 15) is 4.79 Å². The zero-order chi connectivity index (χ0) is 17.9. The third-order valence-corrected chi connectivity index (χ3v) is 4.00. The van der Waals surface area contributed by atoms with Crippen LogP contribution in [0.5, 0.6) is 0 Å². The number of carbonyl (C=O) groups excluding carboxylic acids is 1. The lowest BCUT2D eigenvalue weighted by Crippen LogP contribution is -2.19. The average Bonchev–Trinajstić information content (AvgIpc) is 2.71. The Kier molecular flexibility index (Phi) is 6.08. The average molecular weight is 366 g/mol. The normalized spacial score (nSPS) is 11.5. The second kappa shape index (κ2) is 7.86. The first-order chi connectivity index (χ1) is 11.3. The summed E-state index contributed by atoms with van der Waals surface area (Å²) in [5.41, 5.74) is 6.40. The molecule has 2 rings (SSSR count). The second-order valence-electron chi connectivity index (χ2n) is 6.18. The molecule has 6 heteroatoms. The summed E-state index contributed by atoms with van der Waals surface area (Å²) in [5.74, 6) is 0.217. The molecule has 1 N–H and O–H groups in total.